The molecule has 1 heterocycles. The van der Waals surface area contributed by atoms with Crippen LogP contribution >= 0.6 is 0 Å². The number of hydrogen-bond donors (Lipinski definition) is 3. The quantitative estimate of drug-likeness (QED) is 0.479. The van der Waals surface area contributed by atoms with Crippen LogP contribution in [0.15, 0.2) is 12.1 Å². The largest absolute Gasteiger partial charge is 0.496 e. The summed E-state index contributed by atoms with van der Waals surface area (Å²) in [7, 11) is 1.43. The number of anilines is 1. The zero-order valence-corrected chi connectivity index (χ0v) is 12.2. The first kappa shape index (κ1) is 16.5. The number of nitrogens with one attached hydrogen (secondary N) is 1. The fourth-order valence-corrected chi connectivity index (χ4v) is 2.50. The van der Waals surface area contributed by atoms with E-state index in [1.807, 2.05) is 0 Å². The summed E-state index contributed by atoms with van der Waals surface area (Å²) in [5, 5.41) is 30.4. The van der Waals surface area contributed by atoms with Crippen LogP contribution in [-0.4, -0.2) is 46.8 Å². The van der Waals surface area contributed by atoms with Gasteiger partial charge in [0.2, 0.25) is 0 Å². The maximum Gasteiger partial charge on any atom is 0.323 e. The Labute approximate surface area is 130 Å². The van der Waals surface area contributed by atoms with Crippen LogP contribution in [0.4, 0.5) is 11.4 Å². The Morgan fingerprint density at radius 3 is 2.70 bits per heavy atom. The van der Waals surface area contributed by atoms with Crippen LogP contribution in [0.1, 0.15) is 12.0 Å². The number of hydrogen-bond acceptors (Lipinski definition) is 7. The van der Waals surface area contributed by atoms with Gasteiger partial charge >= 0.3 is 11.9 Å². The molecule has 0 saturated carbocycles. The van der Waals surface area contributed by atoms with Crippen LogP contribution in [0.2, 0.25) is 0 Å². The summed E-state index contributed by atoms with van der Waals surface area (Å²) in [6.07, 6.45) is -0.245. The van der Waals surface area contributed by atoms with E-state index in [1.165, 1.54) is 24.3 Å². The van der Waals surface area contributed by atoms with E-state index in [2.05, 4.69) is 5.43 Å². The normalized spacial score (nSPS) is 14.2. The summed E-state index contributed by atoms with van der Waals surface area (Å²) in [5.74, 6) is -2.18. The third kappa shape index (κ3) is 3.31. The first-order valence-corrected chi connectivity index (χ1v) is 6.67. The van der Waals surface area contributed by atoms with E-state index in [4.69, 9.17) is 14.9 Å². The Hall–Kier alpha value is -2.88. The smallest absolute Gasteiger partial charge is 0.323 e. The Morgan fingerprint density at radius 1 is 1.48 bits per heavy atom. The number of carboxylic acid groups (broad SMARTS) is 2. The number of nitro benzene ring substituents is 1. The summed E-state index contributed by atoms with van der Waals surface area (Å²) in [4.78, 5) is 32.5. The van der Waals surface area contributed by atoms with Gasteiger partial charge in [-0.25, -0.2) is 5.43 Å². The lowest BCUT2D eigenvalue weighted by Crippen LogP contribution is -2.49. The van der Waals surface area contributed by atoms with Crippen LogP contribution < -0.4 is 15.2 Å². The molecule has 0 bridgehead atoms. The number of aliphatic carboxylic acids is 2. The number of methoxy groups -OCH3 is 1. The Kier molecular flexibility index (Phi) is 4.65. The summed E-state index contributed by atoms with van der Waals surface area (Å²) < 4.78 is 5.17. The highest BCUT2D eigenvalue weighted by Gasteiger charge is 2.34. The second-order valence-electron chi connectivity index (χ2n) is 4.89. The summed E-state index contributed by atoms with van der Waals surface area (Å²) >= 11 is 0. The number of ether oxygens (including phenoxy) is 1. The van der Waals surface area contributed by atoms with Crippen LogP contribution in [-0.2, 0) is 16.0 Å². The Morgan fingerprint density at radius 2 is 2.17 bits per heavy atom. The highest BCUT2D eigenvalue weighted by molar-refractivity contribution is 5.81. The van der Waals surface area contributed by atoms with Crippen LogP contribution in [0, 0.1) is 10.1 Å². The zero-order chi connectivity index (χ0) is 17.1. The predicted molar refractivity (Wildman–Crippen MR) is 77.5 cm³/mol. The Bertz CT molecular complexity index is 661. The second-order valence-corrected chi connectivity index (χ2v) is 4.89. The van der Waals surface area contributed by atoms with Crippen molar-refractivity contribution in [3.63, 3.8) is 0 Å². The summed E-state index contributed by atoms with van der Waals surface area (Å²) in [6.45, 7) is 0.264. The first-order chi connectivity index (χ1) is 10.8. The molecule has 1 atom stereocenters. The lowest BCUT2D eigenvalue weighted by atomic mass is 10.1. The van der Waals surface area contributed by atoms with Crippen LogP contribution in [0.5, 0.6) is 5.75 Å². The van der Waals surface area contributed by atoms with Crippen molar-refractivity contribution in [2.24, 2.45) is 0 Å². The monoisotopic (exact) mass is 325 g/mol. The van der Waals surface area contributed by atoms with Gasteiger partial charge in [-0.2, -0.15) is 0 Å². The van der Waals surface area contributed by atoms with Gasteiger partial charge in [-0.05, 0) is 12.5 Å². The summed E-state index contributed by atoms with van der Waals surface area (Å²) in [6, 6.07) is 1.35. The molecule has 3 N–H and O–H groups in total. The topological polar surface area (TPSA) is 142 Å². The molecule has 10 heteroatoms. The van der Waals surface area contributed by atoms with Crippen molar-refractivity contribution in [1.82, 2.24) is 5.43 Å². The van der Waals surface area contributed by atoms with E-state index in [1.54, 1.807) is 0 Å². The van der Waals surface area contributed by atoms with Crippen molar-refractivity contribution >= 4 is 23.3 Å². The second kappa shape index (κ2) is 6.48. The van der Waals surface area contributed by atoms with E-state index in [9.17, 15) is 19.7 Å². The van der Waals surface area contributed by atoms with Gasteiger partial charge in [0, 0.05) is 18.2 Å². The molecule has 124 valence electrons. The van der Waals surface area contributed by atoms with Gasteiger partial charge in [0.05, 0.1) is 18.5 Å². The lowest BCUT2D eigenvalue weighted by molar-refractivity contribution is -0.384. The third-order valence-corrected chi connectivity index (χ3v) is 3.48. The molecule has 23 heavy (non-hydrogen) atoms. The number of carbonyl (C=O) groups is 2. The first-order valence-electron chi connectivity index (χ1n) is 6.67. The molecule has 1 aliphatic heterocycles. The van der Waals surface area contributed by atoms with Crippen molar-refractivity contribution in [1.29, 1.82) is 0 Å². The maximum atomic E-state index is 11.2. The van der Waals surface area contributed by atoms with Gasteiger partial charge < -0.3 is 20.0 Å². The van der Waals surface area contributed by atoms with E-state index in [0.717, 1.165) is 0 Å². The molecule has 1 aliphatic rings. The molecule has 0 aliphatic carbocycles. The standard InChI is InChI=1S/C13H15N3O7/c1-23-10-3-2-9(16(21)22)12-7(10)4-5-15(12)14-8(13(19)20)6-11(17)18/h2-3,8,14H,4-6H2,1H3,(H,17,18)(H,19,20)/t8-/m1/s1. The highest BCUT2D eigenvalue weighted by Crippen LogP contribution is 2.41. The molecule has 1 aromatic rings. The van der Waals surface area contributed by atoms with E-state index < -0.39 is 29.3 Å². The van der Waals surface area contributed by atoms with Crippen molar-refractivity contribution in [3.8, 4) is 5.75 Å². The number of rotatable bonds is 7. The fraction of sp³-hybridized carbons (Fsp3) is 0.385. The molecule has 0 saturated heterocycles. The molecule has 0 amide bonds. The molecule has 1 aromatic carbocycles. The zero-order valence-electron chi connectivity index (χ0n) is 12.2. The van der Waals surface area contributed by atoms with Crippen molar-refractivity contribution in [3.05, 3.63) is 27.8 Å². The molecule has 0 unspecified atom stereocenters. The van der Waals surface area contributed by atoms with Crippen molar-refractivity contribution in [2.75, 3.05) is 18.7 Å². The van der Waals surface area contributed by atoms with Crippen LogP contribution in [0.25, 0.3) is 0 Å². The number of benzene rings is 1. The minimum absolute atomic E-state index is 0.200. The van der Waals surface area contributed by atoms with Gasteiger partial charge in [-0.3, -0.25) is 19.7 Å². The number of nitrogens with zero attached hydrogens (tertiary/aromatic N) is 2. The van der Waals surface area contributed by atoms with E-state index >= 15 is 0 Å². The molecule has 0 radical (unpaired) electrons. The van der Waals surface area contributed by atoms with Crippen molar-refractivity contribution in [2.45, 2.75) is 18.9 Å². The average molecular weight is 325 g/mol. The predicted octanol–water partition coefficient (Wildman–Crippen LogP) is 0.398. The van der Waals surface area contributed by atoms with Gasteiger partial charge in [-0.1, -0.05) is 0 Å². The molecule has 2 rings (SSSR count). The fourth-order valence-electron chi connectivity index (χ4n) is 2.50. The molecule has 10 nitrogen and oxygen atoms in total. The highest BCUT2D eigenvalue weighted by atomic mass is 16.6. The lowest BCUT2D eigenvalue weighted by Gasteiger charge is -2.24. The summed E-state index contributed by atoms with van der Waals surface area (Å²) in [5.41, 5.74) is 3.12. The molecule has 0 fully saturated rings. The maximum absolute atomic E-state index is 11.2. The Balaban J connectivity index is 2.38. The minimum Gasteiger partial charge on any atom is -0.496 e. The SMILES string of the molecule is COc1ccc([N+](=O)[O-])c2c1CCN2N[C@H](CC(=O)O)C(=O)O. The van der Waals surface area contributed by atoms with Crippen LogP contribution in [0.3, 0.4) is 0 Å². The third-order valence-electron chi connectivity index (χ3n) is 3.48. The molecular weight excluding hydrogens is 310 g/mol. The van der Waals surface area contributed by atoms with E-state index in [0.29, 0.717) is 17.7 Å². The molecule has 0 spiro atoms. The van der Waals surface area contributed by atoms with Gasteiger partial charge in [0.1, 0.15) is 17.5 Å². The average Bonchev–Trinajstić information content (AvgIpc) is 2.89. The van der Waals surface area contributed by atoms with Gasteiger partial charge in [0.25, 0.3) is 5.69 Å². The van der Waals surface area contributed by atoms with Gasteiger partial charge in [-0.15, -0.1) is 0 Å². The molecule has 0 aromatic heterocycles. The number of fused-ring (bicyclic) bond motifs is 1. The number of nitro groups is 1. The molecular formula is C13H15N3O7. The minimum atomic E-state index is -1.40. The van der Waals surface area contributed by atoms with E-state index in [-0.39, 0.29) is 17.9 Å². The number of carboxylic acids is 2. The van der Waals surface area contributed by atoms with Crippen molar-refractivity contribution < 1.29 is 29.5 Å². The number of hydrazine groups is 1. The van der Waals surface area contributed by atoms with Gasteiger partial charge in [0.15, 0.2) is 0 Å².